The normalized spacial score (nSPS) is 12.5. The Balaban J connectivity index is 3.08. The van der Waals surface area contributed by atoms with Gasteiger partial charge in [0.15, 0.2) is 0 Å². The van der Waals surface area contributed by atoms with Crippen LogP contribution in [-0.4, -0.2) is 32.2 Å². The zero-order valence-corrected chi connectivity index (χ0v) is 8.89. The Morgan fingerprint density at radius 3 is 2.80 bits per heavy atom. The standard InChI is InChI=1S/C8H14N4O3/c1-5(4-13)9-7-8(12(14)15)10-6(2)11(7)3/h5,9,13H,4H2,1-3H3. The molecule has 1 rings (SSSR count). The minimum atomic E-state index is -0.542. The molecule has 1 unspecified atom stereocenters. The van der Waals surface area contributed by atoms with Crippen LogP contribution in [0.15, 0.2) is 0 Å². The van der Waals surface area contributed by atoms with Crippen LogP contribution in [0.2, 0.25) is 0 Å². The molecule has 2 N–H and O–H groups in total. The molecular formula is C8H14N4O3. The van der Waals surface area contributed by atoms with Gasteiger partial charge < -0.3 is 20.5 Å². The largest absolute Gasteiger partial charge is 0.406 e. The van der Waals surface area contributed by atoms with Crippen molar-refractivity contribution < 1.29 is 10.0 Å². The van der Waals surface area contributed by atoms with Crippen LogP contribution in [0.25, 0.3) is 0 Å². The second-order valence-corrected chi connectivity index (χ2v) is 3.38. The van der Waals surface area contributed by atoms with Gasteiger partial charge in [-0.05, 0) is 16.8 Å². The van der Waals surface area contributed by atoms with Gasteiger partial charge in [-0.2, -0.15) is 0 Å². The predicted molar refractivity (Wildman–Crippen MR) is 54.8 cm³/mol. The van der Waals surface area contributed by atoms with Gasteiger partial charge in [0.05, 0.1) is 6.61 Å². The van der Waals surface area contributed by atoms with E-state index in [0.717, 1.165) is 0 Å². The Kier molecular flexibility index (Phi) is 3.25. The van der Waals surface area contributed by atoms with Gasteiger partial charge in [-0.1, -0.05) is 0 Å². The molecule has 0 amide bonds. The molecule has 0 fully saturated rings. The van der Waals surface area contributed by atoms with Crippen LogP contribution in [-0.2, 0) is 7.05 Å². The molecule has 0 radical (unpaired) electrons. The second kappa shape index (κ2) is 4.26. The van der Waals surface area contributed by atoms with Crippen molar-refractivity contribution in [2.75, 3.05) is 11.9 Å². The van der Waals surface area contributed by atoms with Gasteiger partial charge in [-0.15, -0.1) is 0 Å². The summed E-state index contributed by atoms with van der Waals surface area (Å²) in [7, 11) is 1.68. The van der Waals surface area contributed by atoms with Crippen LogP contribution < -0.4 is 5.32 Å². The fourth-order valence-electron chi connectivity index (χ4n) is 1.16. The van der Waals surface area contributed by atoms with Crippen LogP contribution in [0.4, 0.5) is 11.6 Å². The average Bonchev–Trinajstić information content (AvgIpc) is 2.46. The van der Waals surface area contributed by atoms with E-state index >= 15 is 0 Å². The van der Waals surface area contributed by atoms with Gasteiger partial charge in [0.1, 0.15) is 0 Å². The van der Waals surface area contributed by atoms with Crippen LogP contribution in [0, 0.1) is 17.0 Å². The molecule has 15 heavy (non-hydrogen) atoms. The van der Waals surface area contributed by atoms with Crippen LogP contribution >= 0.6 is 0 Å². The first-order valence-corrected chi connectivity index (χ1v) is 4.52. The van der Waals surface area contributed by atoms with Crippen molar-refractivity contribution in [1.29, 1.82) is 0 Å². The third-order valence-electron chi connectivity index (χ3n) is 2.13. The number of aliphatic hydroxyl groups excluding tert-OH is 1. The lowest BCUT2D eigenvalue weighted by Gasteiger charge is -2.11. The number of imidazole rings is 1. The van der Waals surface area contributed by atoms with Crippen LogP contribution in [0.1, 0.15) is 12.7 Å². The topological polar surface area (TPSA) is 93.2 Å². The van der Waals surface area contributed by atoms with E-state index in [2.05, 4.69) is 10.3 Å². The first-order chi connectivity index (χ1) is 6.97. The number of aliphatic hydroxyl groups is 1. The van der Waals surface area contributed by atoms with Gasteiger partial charge in [-0.3, -0.25) is 4.57 Å². The maximum Gasteiger partial charge on any atom is 0.406 e. The summed E-state index contributed by atoms with van der Waals surface area (Å²) in [5, 5.41) is 22.4. The molecule has 84 valence electrons. The highest BCUT2D eigenvalue weighted by Gasteiger charge is 2.24. The van der Waals surface area contributed by atoms with Crippen molar-refractivity contribution in [3.05, 3.63) is 15.9 Å². The summed E-state index contributed by atoms with van der Waals surface area (Å²) < 4.78 is 1.59. The lowest BCUT2D eigenvalue weighted by atomic mass is 10.3. The highest BCUT2D eigenvalue weighted by molar-refractivity contribution is 5.53. The molecule has 1 aromatic rings. The number of hydrogen-bond acceptors (Lipinski definition) is 5. The van der Waals surface area contributed by atoms with Gasteiger partial charge >= 0.3 is 5.82 Å². The number of anilines is 1. The lowest BCUT2D eigenvalue weighted by Crippen LogP contribution is -2.21. The van der Waals surface area contributed by atoms with Crippen molar-refractivity contribution >= 4 is 11.6 Å². The summed E-state index contributed by atoms with van der Waals surface area (Å²) in [4.78, 5) is 14.0. The van der Waals surface area contributed by atoms with Gasteiger partial charge in [0.25, 0.3) is 0 Å². The molecule has 1 aromatic heterocycles. The Labute approximate surface area is 86.9 Å². The molecule has 0 aliphatic rings. The second-order valence-electron chi connectivity index (χ2n) is 3.38. The number of aromatic nitrogens is 2. The first-order valence-electron chi connectivity index (χ1n) is 4.52. The van der Waals surface area contributed by atoms with E-state index in [-0.39, 0.29) is 18.5 Å². The first kappa shape index (κ1) is 11.4. The monoisotopic (exact) mass is 214 g/mol. The lowest BCUT2D eigenvalue weighted by molar-refractivity contribution is -0.388. The fourth-order valence-corrected chi connectivity index (χ4v) is 1.16. The molecule has 1 heterocycles. The smallest absolute Gasteiger partial charge is 0.394 e. The molecule has 0 aliphatic heterocycles. The van der Waals surface area contributed by atoms with Gasteiger partial charge in [0.2, 0.25) is 11.6 Å². The van der Waals surface area contributed by atoms with Crippen molar-refractivity contribution in [3.63, 3.8) is 0 Å². The van der Waals surface area contributed by atoms with E-state index < -0.39 is 4.92 Å². The summed E-state index contributed by atoms with van der Waals surface area (Å²) in [6, 6.07) is -0.251. The van der Waals surface area contributed by atoms with Crippen LogP contribution in [0.3, 0.4) is 0 Å². The zero-order valence-electron chi connectivity index (χ0n) is 8.89. The summed E-state index contributed by atoms with van der Waals surface area (Å²) >= 11 is 0. The third-order valence-corrected chi connectivity index (χ3v) is 2.13. The number of nitrogens with one attached hydrogen (secondary N) is 1. The molecule has 0 aromatic carbocycles. The molecule has 0 aliphatic carbocycles. The minimum Gasteiger partial charge on any atom is -0.394 e. The molecule has 0 bridgehead atoms. The molecule has 7 heteroatoms. The number of aryl methyl sites for hydroxylation is 1. The van der Waals surface area contributed by atoms with Crippen LogP contribution in [0.5, 0.6) is 0 Å². The number of nitrogens with zero attached hydrogens (tertiary/aromatic N) is 3. The maximum atomic E-state index is 10.7. The summed E-state index contributed by atoms with van der Waals surface area (Å²) in [5.41, 5.74) is 0. The Morgan fingerprint density at radius 2 is 2.33 bits per heavy atom. The number of rotatable bonds is 4. The molecule has 0 spiro atoms. The molecule has 0 saturated carbocycles. The van der Waals surface area contributed by atoms with Crippen molar-refractivity contribution in [2.45, 2.75) is 19.9 Å². The fraction of sp³-hybridized carbons (Fsp3) is 0.625. The Bertz CT molecular complexity index is 374. The molecule has 0 saturated heterocycles. The highest BCUT2D eigenvalue weighted by Crippen LogP contribution is 2.24. The molecular weight excluding hydrogens is 200 g/mol. The third kappa shape index (κ3) is 2.24. The SMILES string of the molecule is Cc1nc([N+](=O)[O-])c(NC(C)CO)n1C. The zero-order chi connectivity index (χ0) is 11.6. The van der Waals surface area contributed by atoms with E-state index in [4.69, 9.17) is 5.11 Å². The predicted octanol–water partition coefficient (Wildman–Crippen LogP) is 0.429. The maximum absolute atomic E-state index is 10.7. The number of nitro groups is 1. The summed E-state index contributed by atoms with van der Waals surface area (Å²) in [6.07, 6.45) is 0. The van der Waals surface area contributed by atoms with E-state index in [0.29, 0.717) is 11.6 Å². The minimum absolute atomic E-state index is 0.0959. The molecule has 1 atom stereocenters. The van der Waals surface area contributed by atoms with E-state index in [9.17, 15) is 10.1 Å². The Hall–Kier alpha value is -1.63. The summed E-state index contributed by atoms with van der Waals surface area (Å²) in [6.45, 7) is 3.31. The average molecular weight is 214 g/mol. The van der Waals surface area contributed by atoms with Crippen molar-refractivity contribution in [1.82, 2.24) is 9.55 Å². The Morgan fingerprint density at radius 1 is 1.73 bits per heavy atom. The van der Waals surface area contributed by atoms with E-state index in [1.54, 1.807) is 25.5 Å². The highest BCUT2D eigenvalue weighted by atomic mass is 16.6. The van der Waals surface area contributed by atoms with Gasteiger partial charge in [0, 0.05) is 20.0 Å². The van der Waals surface area contributed by atoms with Gasteiger partial charge in [-0.25, -0.2) is 0 Å². The molecule has 7 nitrogen and oxygen atoms in total. The quantitative estimate of drug-likeness (QED) is 0.560. The van der Waals surface area contributed by atoms with Crippen molar-refractivity contribution in [2.24, 2.45) is 7.05 Å². The van der Waals surface area contributed by atoms with E-state index in [1.165, 1.54) is 0 Å². The van der Waals surface area contributed by atoms with E-state index in [1.807, 2.05) is 0 Å². The number of hydrogen-bond donors (Lipinski definition) is 2. The summed E-state index contributed by atoms with van der Waals surface area (Å²) in [5.74, 6) is 0.656. The van der Waals surface area contributed by atoms with Crippen molar-refractivity contribution in [3.8, 4) is 0 Å².